The van der Waals surface area contributed by atoms with Crippen molar-refractivity contribution in [2.24, 2.45) is 0 Å². The average molecular weight is 317 g/mol. The number of likely N-dealkylation sites (N-methyl/N-ethyl adjacent to an activating group) is 1. The normalized spacial score (nSPS) is 22.2. The second-order valence-electron chi connectivity index (χ2n) is 6.12. The van der Waals surface area contributed by atoms with Gasteiger partial charge in [-0.05, 0) is 31.2 Å². The number of fused-ring (bicyclic) bond motifs is 1. The van der Waals surface area contributed by atoms with Gasteiger partial charge in [-0.15, -0.1) is 0 Å². The third-order valence-electron chi connectivity index (χ3n) is 4.34. The molecule has 2 N–H and O–H groups in total. The van der Waals surface area contributed by atoms with Crippen LogP contribution in [0.15, 0.2) is 24.3 Å². The number of aromatic nitrogens is 1. The highest BCUT2D eigenvalue weighted by Gasteiger charge is 2.38. The molecule has 1 aromatic heterocycles. The van der Waals surface area contributed by atoms with Gasteiger partial charge in [0, 0.05) is 43.3 Å². The van der Waals surface area contributed by atoms with Gasteiger partial charge in [-0.1, -0.05) is 0 Å². The number of benzene rings is 1. The molecule has 6 heteroatoms. The number of amides is 1. The lowest BCUT2D eigenvalue weighted by Gasteiger charge is -2.38. The van der Waals surface area contributed by atoms with E-state index in [0.29, 0.717) is 13.2 Å². The number of carbonyl (C=O) groups is 1. The zero-order valence-electron chi connectivity index (χ0n) is 13.8. The highest BCUT2D eigenvalue weighted by molar-refractivity contribution is 5.85. The largest absolute Gasteiger partial charge is 0.497 e. The molecule has 1 amide bonds. The average Bonchev–Trinajstić information content (AvgIpc) is 2.95. The number of nitrogens with one attached hydrogen (secondary N) is 2. The Bertz CT molecular complexity index is 712. The molecule has 1 atom stereocenters. The van der Waals surface area contributed by atoms with E-state index in [0.717, 1.165) is 35.4 Å². The number of ether oxygens (including phenoxy) is 2. The Morgan fingerprint density at radius 3 is 3.04 bits per heavy atom. The summed E-state index contributed by atoms with van der Waals surface area (Å²) >= 11 is 0. The molecule has 0 spiro atoms. The fourth-order valence-corrected chi connectivity index (χ4v) is 3.11. The van der Waals surface area contributed by atoms with Crippen molar-refractivity contribution >= 4 is 16.8 Å². The maximum Gasteiger partial charge on any atom is 0.253 e. The van der Waals surface area contributed by atoms with Crippen molar-refractivity contribution < 1.29 is 14.3 Å². The van der Waals surface area contributed by atoms with E-state index < -0.39 is 5.60 Å². The van der Waals surface area contributed by atoms with Crippen molar-refractivity contribution in [1.82, 2.24) is 15.2 Å². The van der Waals surface area contributed by atoms with E-state index in [1.165, 1.54) is 0 Å². The SMILES string of the molecule is CNC(=O)C1(C)CN(Cc2cc3cc(OC)ccc3[nH]2)CCO1. The predicted octanol–water partition coefficient (Wildman–Crippen LogP) is 1.51. The first-order valence-corrected chi connectivity index (χ1v) is 7.78. The standard InChI is InChI=1S/C17H23N3O3/c1-17(16(21)18-2)11-20(6-7-23-17)10-13-8-12-9-14(22-3)4-5-15(12)19-13/h4-5,8-9,19H,6-7,10-11H2,1-3H3,(H,18,21). The van der Waals surface area contributed by atoms with Gasteiger partial charge in [-0.2, -0.15) is 0 Å². The Balaban J connectivity index is 1.75. The zero-order valence-corrected chi connectivity index (χ0v) is 13.8. The summed E-state index contributed by atoms with van der Waals surface area (Å²) in [6.45, 7) is 4.54. The van der Waals surface area contributed by atoms with Crippen LogP contribution in [0.25, 0.3) is 10.9 Å². The van der Waals surface area contributed by atoms with E-state index in [-0.39, 0.29) is 5.91 Å². The molecule has 3 rings (SSSR count). The van der Waals surface area contributed by atoms with Crippen LogP contribution in [0, 0.1) is 0 Å². The number of carbonyl (C=O) groups excluding carboxylic acids is 1. The number of nitrogens with zero attached hydrogens (tertiary/aromatic N) is 1. The summed E-state index contributed by atoms with van der Waals surface area (Å²) in [6, 6.07) is 8.11. The summed E-state index contributed by atoms with van der Waals surface area (Å²) in [5.41, 5.74) is 1.42. The number of H-pyrrole nitrogens is 1. The molecule has 6 nitrogen and oxygen atoms in total. The Morgan fingerprint density at radius 2 is 2.30 bits per heavy atom. The van der Waals surface area contributed by atoms with Gasteiger partial charge in [-0.3, -0.25) is 9.69 Å². The fourth-order valence-electron chi connectivity index (χ4n) is 3.11. The second-order valence-corrected chi connectivity index (χ2v) is 6.12. The van der Waals surface area contributed by atoms with Crippen LogP contribution in [-0.4, -0.2) is 55.2 Å². The van der Waals surface area contributed by atoms with Crippen molar-refractivity contribution in [3.8, 4) is 5.75 Å². The maximum atomic E-state index is 12.0. The molecule has 2 aromatic rings. The van der Waals surface area contributed by atoms with Gasteiger partial charge >= 0.3 is 0 Å². The van der Waals surface area contributed by atoms with E-state index >= 15 is 0 Å². The number of rotatable bonds is 4. The fraction of sp³-hybridized carbons (Fsp3) is 0.471. The van der Waals surface area contributed by atoms with Crippen molar-refractivity contribution in [2.45, 2.75) is 19.1 Å². The zero-order chi connectivity index (χ0) is 16.4. The Kier molecular flexibility index (Phi) is 4.28. The van der Waals surface area contributed by atoms with Gasteiger partial charge in [0.2, 0.25) is 0 Å². The summed E-state index contributed by atoms with van der Waals surface area (Å²) in [7, 11) is 3.31. The van der Waals surface area contributed by atoms with Gasteiger partial charge in [0.15, 0.2) is 5.60 Å². The van der Waals surface area contributed by atoms with E-state index in [9.17, 15) is 4.79 Å². The molecule has 0 radical (unpaired) electrons. The minimum Gasteiger partial charge on any atom is -0.497 e. The molecule has 0 saturated carbocycles. The highest BCUT2D eigenvalue weighted by Crippen LogP contribution is 2.24. The Labute approximate surface area is 135 Å². The molecule has 2 heterocycles. The predicted molar refractivity (Wildman–Crippen MR) is 88.6 cm³/mol. The van der Waals surface area contributed by atoms with Crippen LogP contribution >= 0.6 is 0 Å². The summed E-state index contributed by atoms with van der Waals surface area (Å²) in [5, 5.41) is 3.81. The molecule has 1 aliphatic heterocycles. The third kappa shape index (κ3) is 3.18. The molecule has 0 bridgehead atoms. The topological polar surface area (TPSA) is 66.6 Å². The molecule has 1 fully saturated rings. The first kappa shape index (κ1) is 15.8. The molecule has 1 aliphatic rings. The molecule has 1 saturated heterocycles. The Hall–Kier alpha value is -2.05. The number of morpholine rings is 1. The molecule has 124 valence electrons. The lowest BCUT2D eigenvalue weighted by atomic mass is 10.0. The number of methoxy groups -OCH3 is 1. The first-order chi connectivity index (χ1) is 11.0. The number of aromatic amines is 1. The summed E-state index contributed by atoms with van der Waals surface area (Å²) in [6.07, 6.45) is 0. The molecule has 0 aliphatic carbocycles. The van der Waals surface area contributed by atoms with E-state index in [2.05, 4.69) is 21.3 Å². The van der Waals surface area contributed by atoms with Crippen LogP contribution in [0.2, 0.25) is 0 Å². The van der Waals surface area contributed by atoms with E-state index in [1.54, 1.807) is 14.2 Å². The first-order valence-electron chi connectivity index (χ1n) is 7.78. The van der Waals surface area contributed by atoms with Gasteiger partial charge < -0.3 is 19.8 Å². The third-order valence-corrected chi connectivity index (χ3v) is 4.34. The van der Waals surface area contributed by atoms with Gasteiger partial charge in [0.05, 0.1) is 13.7 Å². The molecule has 23 heavy (non-hydrogen) atoms. The van der Waals surface area contributed by atoms with Crippen LogP contribution in [0.3, 0.4) is 0 Å². The molecule has 1 unspecified atom stereocenters. The minimum atomic E-state index is -0.789. The molecular weight excluding hydrogens is 294 g/mol. The summed E-state index contributed by atoms with van der Waals surface area (Å²) < 4.78 is 11.0. The minimum absolute atomic E-state index is 0.0800. The van der Waals surface area contributed by atoms with Crippen LogP contribution in [-0.2, 0) is 16.1 Å². The smallest absolute Gasteiger partial charge is 0.253 e. The van der Waals surface area contributed by atoms with E-state index in [4.69, 9.17) is 9.47 Å². The monoisotopic (exact) mass is 317 g/mol. The lowest BCUT2D eigenvalue weighted by Crippen LogP contribution is -2.57. The van der Waals surface area contributed by atoms with Crippen molar-refractivity contribution in [1.29, 1.82) is 0 Å². The van der Waals surface area contributed by atoms with Gasteiger partial charge in [-0.25, -0.2) is 0 Å². The molecule has 1 aromatic carbocycles. The van der Waals surface area contributed by atoms with Crippen molar-refractivity contribution in [3.63, 3.8) is 0 Å². The summed E-state index contributed by atoms with van der Waals surface area (Å²) in [5.74, 6) is 0.769. The van der Waals surface area contributed by atoms with Gasteiger partial charge in [0.25, 0.3) is 5.91 Å². The van der Waals surface area contributed by atoms with Crippen LogP contribution in [0.1, 0.15) is 12.6 Å². The highest BCUT2D eigenvalue weighted by atomic mass is 16.5. The lowest BCUT2D eigenvalue weighted by molar-refractivity contribution is -0.156. The maximum absolute atomic E-state index is 12.0. The quantitative estimate of drug-likeness (QED) is 0.897. The summed E-state index contributed by atoms with van der Waals surface area (Å²) in [4.78, 5) is 17.7. The van der Waals surface area contributed by atoms with E-state index in [1.807, 2.05) is 25.1 Å². The Morgan fingerprint density at radius 1 is 1.48 bits per heavy atom. The van der Waals surface area contributed by atoms with Crippen molar-refractivity contribution in [3.05, 3.63) is 30.0 Å². The van der Waals surface area contributed by atoms with Crippen molar-refractivity contribution in [2.75, 3.05) is 33.9 Å². The second kappa shape index (κ2) is 6.22. The molecular formula is C17H23N3O3. The van der Waals surface area contributed by atoms with Crippen LogP contribution in [0.4, 0.5) is 0 Å². The van der Waals surface area contributed by atoms with Crippen LogP contribution in [0.5, 0.6) is 5.75 Å². The van der Waals surface area contributed by atoms with Gasteiger partial charge in [0.1, 0.15) is 5.75 Å². The van der Waals surface area contributed by atoms with Crippen LogP contribution < -0.4 is 10.1 Å². The number of hydrogen-bond donors (Lipinski definition) is 2. The number of hydrogen-bond acceptors (Lipinski definition) is 4.